The third kappa shape index (κ3) is 3.74. The number of rotatable bonds is 5. The molecule has 2 N–H and O–H groups in total. The van der Waals surface area contributed by atoms with Gasteiger partial charge in [-0.1, -0.05) is 0 Å². The van der Waals surface area contributed by atoms with Gasteiger partial charge in [0.1, 0.15) is 23.9 Å². The highest BCUT2D eigenvalue weighted by Gasteiger charge is 2.05. The summed E-state index contributed by atoms with van der Waals surface area (Å²) < 4.78 is 20.0. The molecule has 0 aliphatic carbocycles. The summed E-state index contributed by atoms with van der Waals surface area (Å²) in [6, 6.07) is 14.9. The number of hydrogen-bond donors (Lipinski definition) is 1. The Kier molecular flexibility index (Phi) is 4.05. The molecule has 0 saturated heterocycles. The van der Waals surface area contributed by atoms with E-state index in [1.165, 1.54) is 16.8 Å². The maximum atomic E-state index is 12.9. The lowest BCUT2D eigenvalue weighted by molar-refractivity contribution is -0.118. The van der Waals surface area contributed by atoms with Crippen molar-refractivity contribution < 1.29 is 13.9 Å². The van der Waals surface area contributed by atoms with Crippen molar-refractivity contribution in [2.45, 2.75) is 6.54 Å². The molecule has 2 aromatic carbocycles. The Hall–Kier alpha value is -3.15. The van der Waals surface area contributed by atoms with Gasteiger partial charge in [0.15, 0.2) is 0 Å². The molecule has 116 valence electrons. The molecule has 5 nitrogen and oxygen atoms in total. The summed E-state index contributed by atoms with van der Waals surface area (Å²) in [7, 11) is 0. The summed E-state index contributed by atoms with van der Waals surface area (Å²) in [6.07, 6.45) is 1.70. The maximum Gasteiger partial charge on any atom is 0.239 e. The smallest absolute Gasteiger partial charge is 0.239 e. The number of amides is 1. The Bertz CT molecular complexity index is 811. The first-order valence-electron chi connectivity index (χ1n) is 6.96. The molecule has 0 unspecified atom stereocenters. The summed E-state index contributed by atoms with van der Waals surface area (Å²) >= 11 is 0. The summed E-state index contributed by atoms with van der Waals surface area (Å²) in [6.45, 7) is 0.0474. The van der Waals surface area contributed by atoms with E-state index in [0.717, 1.165) is 11.3 Å². The van der Waals surface area contributed by atoms with Crippen LogP contribution >= 0.6 is 0 Å². The monoisotopic (exact) mass is 311 g/mol. The Morgan fingerprint density at radius 1 is 1.04 bits per heavy atom. The van der Waals surface area contributed by atoms with E-state index in [-0.39, 0.29) is 12.4 Å². The fourth-order valence-corrected chi connectivity index (χ4v) is 2.10. The molecule has 0 aliphatic heterocycles. The van der Waals surface area contributed by atoms with E-state index in [1.54, 1.807) is 36.5 Å². The fourth-order valence-electron chi connectivity index (χ4n) is 2.10. The third-order valence-corrected chi connectivity index (χ3v) is 3.16. The highest BCUT2D eigenvalue weighted by atomic mass is 19.1. The molecule has 1 aromatic heterocycles. The molecule has 0 atom stereocenters. The van der Waals surface area contributed by atoms with E-state index in [9.17, 15) is 9.18 Å². The van der Waals surface area contributed by atoms with Gasteiger partial charge in [-0.15, -0.1) is 0 Å². The van der Waals surface area contributed by atoms with Crippen LogP contribution in [-0.4, -0.2) is 15.7 Å². The number of ether oxygens (including phenoxy) is 1. The average Bonchev–Trinajstić information content (AvgIpc) is 2.98. The van der Waals surface area contributed by atoms with Crippen LogP contribution in [0.5, 0.6) is 11.5 Å². The number of halogens is 1. The SMILES string of the molecule is NC(=O)Cn1ccc(-c2ccc(Oc3ccc(F)cc3)cc2)n1. The second-order valence-corrected chi connectivity index (χ2v) is 4.95. The van der Waals surface area contributed by atoms with Gasteiger partial charge in [0.2, 0.25) is 5.91 Å². The summed E-state index contributed by atoms with van der Waals surface area (Å²) in [5.74, 6) is 0.448. The number of benzene rings is 2. The number of carbonyl (C=O) groups is 1. The van der Waals surface area contributed by atoms with Crippen LogP contribution < -0.4 is 10.5 Å². The lowest BCUT2D eigenvalue weighted by atomic mass is 10.1. The molecule has 0 aliphatic rings. The van der Waals surface area contributed by atoms with E-state index < -0.39 is 5.91 Å². The van der Waals surface area contributed by atoms with Crippen LogP contribution in [0.2, 0.25) is 0 Å². The van der Waals surface area contributed by atoms with Crippen LogP contribution in [0.25, 0.3) is 11.3 Å². The molecule has 0 radical (unpaired) electrons. The molecule has 0 saturated carbocycles. The Morgan fingerprint density at radius 3 is 2.26 bits per heavy atom. The van der Waals surface area contributed by atoms with E-state index in [2.05, 4.69) is 5.10 Å². The number of aromatic nitrogens is 2. The molecule has 0 fully saturated rings. The number of hydrogen-bond acceptors (Lipinski definition) is 3. The van der Waals surface area contributed by atoms with Gasteiger partial charge >= 0.3 is 0 Å². The van der Waals surface area contributed by atoms with Crippen molar-refractivity contribution >= 4 is 5.91 Å². The minimum atomic E-state index is -0.442. The first-order chi connectivity index (χ1) is 11.1. The number of primary amides is 1. The van der Waals surface area contributed by atoms with Crippen molar-refractivity contribution in [2.24, 2.45) is 5.73 Å². The summed E-state index contributed by atoms with van der Waals surface area (Å²) in [5, 5.41) is 4.28. The summed E-state index contributed by atoms with van der Waals surface area (Å²) in [4.78, 5) is 10.9. The molecule has 0 spiro atoms. The molecule has 0 bridgehead atoms. The second-order valence-electron chi connectivity index (χ2n) is 4.95. The van der Waals surface area contributed by atoms with Crippen molar-refractivity contribution in [3.63, 3.8) is 0 Å². The number of carbonyl (C=O) groups excluding carboxylic acids is 1. The van der Waals surface area contributed by atoms with Crippen molar-refractivity contribution in [3.8, 4) is 22.8 Å². The molecular weight excluding hydrogens is 297 g/mol. The molecule has 3 rings (SSSR count). The van der Waals surface area contributed by atoms with Crippen molar-refractivity contribution in [2.75, 3.05) is 0 Å². The van der Waals surface area contributed by atoms with Gasteiger partial charge in [-0.2, -0.15) is 5.10 Å². The van der Waals surface area contributed by atoms with Crippen molar-refractivity contribution in [1.82, 2.24) is 9.78 Å². The maximum absolute atomic E-state index is 12.9. The predicted octanol–water partition coefficient (Wildman–Crippen LogP) is 2.97. The molecule has 23 heavy (non-hydrogen) atoms. The van der Waals surface area contributed by atoms with E-state index in [0.29, 0.717) is 11.5 Å². The molecule has 1 heterocycles. The number of nitrogens with zero attached hydrogens (tertiary/aromatic N) is 2. The zero-order chi connectivity index (χ0) is 16.2. The van der Waals surface area contributed by atoms with Gasteiger partial charge in [0.05, 0.1) is 5.69 Å². The predicted molar refractivity (Wildman–Crippen MR) is 83.3 cm³/mol. The van der Waals surface area contributed by atoms with Crippen molar-refractivity contribution in [3.05, 3.63) is 66.6 Å². The lowest BCUT2D eigenvalue weighted by Crippen LogP contribution is -2.18. The quantitative estimate of drug-likeness (QED) is 0.787. The molecule has 3 aromatic rings. The normalized spacial score (nSPS) is 10.5. The van der Waals surface area contributed by atoms with Crippen LogP contribution in [0.3, 0.4) is 0 Å². The van der Waals surface area contributed by atoms with Crippen LogP contribution in [0.15, 0.2) is 60.8 Å². The first kappa shape index (κ1) is 14.8. The minimum absolute atomic E-state index is 0.0474. The fraction of sp³-hybridized carbons (Fsp3) is 0.0588. The summed E-state index contributed by atoms with van der Waals surface area (Å²) in [5.41, 5.74) is 6.76. The Morgan fingerprint density at radius 2 is 1.65 bits per heavy atom. The average molecular weight is 311 g/mol. The van der Waals surface area contributed by atoms with Crippen molar-refractivity contribution in [1.29, 1.82) is 0 Å². The van der Waals surface area contributed by atoms with Crippen LogP contribution in [0.4, 0.5) is 4.39 Å². The van der Waals surface area contributed by atoms with Gasteiger partial charge in [0, 0.05) is 11.8 Å². The lowest BCUT2D eigenvalue weighted by Gasteiger charge is -2.06. The van der Waals surface area contributed by atoms with Gasteiger partial charge in [0.25, 0.3) is 0 Å². The molecule has 6 heteroatoms. The zero-order valence-electron chi connectivity index (χ0n) is 12.1. The first-order valence-corrected chi connectivity index (χ1v) is 6.96. The van der Waals surface area contributed by atoms with Gasteiger partial charge in [-0.25, -0.2) is 4.39 Å². The molecule has 1 amide bonds. The highest BCUT2D eigenvalue weighted by molar-refractivity contribution is 5.73. The van der Waals surface area contributed by atoms with E-state index in [4.69, 9.17) is 10.5 Å². The third-order valence-electron chi connectivity index (χ3n) is 3.16. The zero-order valence-corrected chi connectivity index (χ0v) is 12.1. The van der Waals surface area contributed by atoms with Crippen LogP contribution in [0.1, 0.15) is 0 Å². The number of nitrogens with two attached hydrogens (primary N) is 1. The largest absolute Gasteiger partial charge is 0.457 e. The van der Waals surface area contributed by atoms with E-state index >= 15 is 0 Å². The molecular formula is C17H14FN3O2. The van der Waals surface area contributed by atoms with Crippen LogP contribution in [-0.2, 0) is 11.3 Å². The highest BCUT2D eigenvalue weighted by Crippen LogP contribution is 2.25. The van der Waals surface area contributed by atoms with Crippen LogP contribution in [0, 0.1) is 5.82 Å². The van der Waals surface area contributed by atoms with Gasteiger partial charge < -0.3 is 10.5 Å². The Balaban J connectivity index is 1.72. The van der Waals surface area contributed by atoms with Gasteiger partial charge in [-0.3, -0.25) is 9.48 Å². The standard InChI is InChI=1S/C17H14FN3O2/c18-13-3-7-15(8-4-13)23-14-5-1-12(2-6-14)16-9-10-21(20-16)11-17(19)22/h1-10H,11H2,(H2,19,22). The topological polar surface area (TPSA) is 70.1 Å². The van der Waals surface area contributed by atoms with Gasteiger partial charge in [-0.05, 0) is 54.6 Å². The Labute approximate surface area is 132 Å². The van der Waals surface area contributed by atoms with E-state index in [1.807, 2.05) is 12.1 Å². The minimum Gasteiger partial charge on any atom is -0.457 e. The second kappa shape index (κ2) is 6.31.